The maximum absolute atomic E-state index is 5.98. The van der Waals surface area contributed by atoms with Crippen molar-refractivity contribution in [2.75, 3.05) is 0 Å². The van der Waals surface area contributed by atoms with Gasteiger partial charge in [0.15, 0.2) is 0 Å². The second kappa shape index (κ2) is 4.76. The lowest BCUT2D eigenvalue weighted by atomic mass is 10.1. The maximum Gasteiger partial charge on any atom is 0.0661 e. The number of benzene rings is 1. The fourth-order valence-electron chi connectivity index (χ4n) is 1.27. The summed E-state index contributed by atoms with van der Waals surface area (Å²) >= 11 is 5.98. The molecule has 0 fully saturated rings. The van der Waals surface area contributed by atoms with Gasteiger partial charge in [0.05, 0.1) is 5.02 Å². The SMILES string of the molecule is Clc1cnccc1C=Cc1ccccc1. The summed E-state index contributed by atoms with van der Waals surface area (Å²) in [5.74, 6) is 0. The topological polar surface area (TPSA) is 12.9 Å². The van der Waals surface area contributed by atoms with Crippen LogP contribution in [0.25, 0.3) is 12.2 Å². The predicted molar refractivity (Wildman–Crippen MR) is 64.6 cm³/mol. The van der Waals surface area contributed by atoms with E-state index in [-0.39, 0.29) is 0 Å². The molecule has 0 N–H and O–H groups in total. The number of nitrogens with zero attached hydrogens (tertiary/aromatic N) is 1. The smallest absolute Gasteiger partial charge is 0.0661 e. The Morgan fingerprint density at radius 2 is 1.80 bits per heavy atom. The minimum Gasteiger partial charge on any atom is -0.263 e. The molecule has 2 rings (SSSR count). The number of hydrogen-bond donors (Lipinski definition) is 0. The van der Waals surface area contributed by atoms with Crippen molar-refractivity contribution in [3.63, 3.8) is 0 Å². The van der Waals surface area contributed by atoms with E-state index in [1.165, 1.54) is 0 Å². The summed E-state index contributed by atoms with van der Waals surface area (Å²) in [7, 11) is 0. The standard InChI is InChI=1S/C13H10ClN/c14-13-10-15-9-8-12(13)7-6-11-4-2-1-3-5-11/h1-10H. The molecule has 0 spiro atoms. The Morgan fingerprint density at radius 3 is 2.53 bits per heavy atom. The van der Waals surface area contributed by atoms with E-state index in [0.29, 0.717) is 5.02 Å². The van der Waals surface area contributed by atoms with E-state index in [2.05, 4.69) is 4.98 Å². The fourth-order valence-corrected chi connectivity index (χ4v) is 1.45. The van der Waals surface area contributed by atoms with Crippen molar-refractivity contribution < 1.29 is 0 Å². The van der Waals surface area contributed by atoms with Crippen LogP contribution in [0.4, 0.5) is 0 Å². The number of rotatable bonds is 2. The van der Waals surface area contributed by atoms with E-state index >= 15 is 0 Å². The van der Waals surface area contributed by atoms with Crippen molar-refractivity contribution in [2.24, 2.45) is 0 Å². The highest BCUT2D eigenvalue weighted by Gasteiger charge is 1.93. The molecule has 0 saturated carbocycles. The van der Waals surface area contributed by atoms with Crippen LogP contribution in [-0.4, -0.2) is 4.98 Å². The summed E-state index contributed by atoms with van der Waals surface area (Å²) < 4.78 is 0. The Kier molecular flexibility index (Phi) is 3.15. The van der Waals surface area contributed by atoms with Gasteiger partial charge in [-0.1, -0.05) is 54.1 Å². The van der Waals surface area contributed by atoms with Gasteiger partial charge in [-0.05, 0) is 17.2 Å². The summed E-state index contributed by atoms with van der Waals surface area (Å²) in [6, 6.07) is 12.0. The van der Waals surface area contributed by atoms with Crippen LogP contribution >= 0.6 is 11.6 Å². The Labute approximate surface area is 94.1 Å². The van der Waals surface area contributed by atoms with Crippen LogP contribution in [0.2, 0.25) is 5.02 Å². The average molecular weight is 216 g/mol. The molecule has 0 saturated heterocycles. The molecule has 0 aliphatic carbocycles. The minimum absolute atomic E-state index is 0.671. The molecule has 0 radical (unpaired) electrons. The van der Waals surface area contributed by atoms with Crippen LogP contribution in [0, 0.1) is 0 Å². The Bertz CT molecular complexity index is 463. The first-order valence-electron chi connectivity index (χ1n) is 4.69. The quantitative estimate of drug-likeness (QED) is 0.740. The van der Waals surface area contributed by atoms with Gasteiger partial charge < -0.3 is 0 Å². The molecule has 0 bridgehead atoms. The molecule has 0 atom stereocenters. The van der Waals surface area contributed by atoms with Crippen molar-refractivity contribution in [1.29, 1.82) is 0 Å². The zero-order valence-electron chi connectivity index (χ0n) is 8.10. The van der Waals surface area contributed by atoms with Crippen molar-refractivity contribution in [1.82, 2.24) is 4.98 Å². The van der Waals surface area contributed by atoms with Crippen molar-refractivity contribution in [3.05, 3.63) is 64.9 Å². The lowest BCUT2D eigenvalue weighted by molar-refractivity contribution is 1.32. The van der Waals surface area contributed by atoms with Gasteiger partial charge in [-0.15, -0.1) is 0 Å². The molecule has 2 heteroatoms. The predicted octanol–water partition coefficient (Wildman–Crippen LogP) is 3.91. The maximum atomic E-state index is 5.98. The van der Waals surface area contributed by atoms with Gasteiger partial charge in [-0.2, -0.15) is 0 Å². The van der Waals surface area contributed by atoms with Crippen LogP contribution in [0.5, 0.6) is 0 Å². The van der Waals surface area contributed by atoms with E-state index in [9.17, 15) is 0 Å². The first-order valence-corrected chi connectivity index (χ1v) is 5.07. The van der Waals surface area contributed by atoms with Gasteiger partial charge in [-0.25, -0.2) is 0 Å². The molecule has 0 aliphatic rings. The van der Waals surface area contributed by atoms with Crippen LogP contribution in [0.15, 0.2) is 48.8 Å². The lowest BCUT2D eigenvalue weighted by Crippen LogP contribution is -1.76. The first kappa shape index (κ1) is 9.94. The van der Waals surface area contributed by atoms with Crippen molar-refractivity contribution in [3.8, 4) is 0 Å². The van der Waals surface area contributed by atoms with Gasteiger partial charge in [0, 0.05) is 12.4 Å². The highest BCUT2D eigenvalue weighted by atomic mass is 35.5. The lowest BCUT2D eigenvalue weighted by Gasteiger charge is -1.96. The van der Waals surface area contributed by atoms with Gasteiger partial charge in [0.25, 0.3) is 0 Å². The normalized spacial score (nSPS) is 10.7. The highest BCUT2D eigenvalue weighted by Crippen LogP contribution is 2.16. The van der Waals surface area contributed by atoms with Crippen molar-refractivity contribution >= 4 is 23.8 Å². The van der Waals surface area contributed by atoms with Crippen LogP contribution in [0.1, 0.15) is 11.1 Å². The third-order valence-electron chi connectivity index (χ3n) is 2.06. The van der Waals surface area contributed by atoms with E-state index in [4.69, 9.17) is 11.6 Å². The Balaban J connectivity index is 2.23. The summed E-state index contributed by atoms with van der Waals surface area (Å²) in [5, 5.41) is 0.671. The summed E-state index contributed by atoms with van der Waals surface area (Å²) in [5.41, 5.74) is 2.14. The number of pyridine rings is 1. The third-order valence-corrected chi connectivity index (χ3v) is 2.37. The largest absolute Gasteiger partial charge is 0.263 e. The number of aromatic nitrogens is 1. The second-order valence-corrected chi connectivity index (χ2v) is 3.55. The minimum atomic E-state index is 0.671. The molecular weight excluding hydrogens is 206 g/mol. The molecule has 1 heterocycles. The van der Waals surface area contributed by atoms with Gasteiger partial charge in [-0.3, -0.25) is 4.98 Å². The molecule has 0 unspecified atom stereocenters. The number of halogens is 1. The molecular formula is C13H10ClN. The monoisotopic (exact) mass is 215 g/mol. The first-order chi connectivity index (χ1) is 7.36. The van der Waals surface area contributed by atoms with Crippen LogP contribution < -0.4 is 0 Å². The molecule has 0 aliphatic heterocycles. The van der Waals surface area contributed by atoms with E-state index in [0.717, 1.165) is 11.1 Å². The molecule has 2 aromatic rings. The third kappa shape index (κ3) is 2.67. The van der Waals surface area contributed by atoms with Gasteiger partial charge >= 0.3 is 0 Å². The van der Waals surface area contributed by atoms with E-state index in [1.54, 1.807) is 12.4 Å². The summed E-state index contributed by atoms with van der Waals surface area (Å²) in [6.45, 7) is 0. The molecule has 1 nitrogen and oxygen atoms in total. The molecule has 1 aromatic carbocycles. The highest BCUT2D eigenvalue weighted by molar-refractivity contribution is 6.32. The molecule has 0 amide bonds. The number of hydrogen-bond acceptors (Lipinski definition) is 1. The zero-order chi connectivity index (χ0) is 10.5. The van der Waals surface area contributed by atoms with Gasteiger partial charge in [0.1, 0.15) is 0 Å². The zero-order valence-corrected chi connectivity index (χ0v) is 8.85. The van der Waals surface area contributed by atoms with E-state index < -0.39 is 0 Å². The average Bonchev–Trinajstić information content (AvgIpc) is 2.29. The molecule has 74 valence electrons. The fraction of sp³-hybridized carbons (Fsp3) is 0. The summed E-state index contributed by atoms with van der Waals surface area (Å²) in [6.07, 6.45) is 7.39. The molecule has 1 aromatic heterocycles. The molecule has 15 heavy (non-hydrogen) atoms. The van der Waals surface area contributed by atoms with Crippen LogP contribution in [-0.2, 0) is 0 Å². The van der Waals surface area contributed by atoms with Crippen molar-refractivity contribution in [2.45, 2.75) is 0 Å². The van der Waals surface area contributed by atoms with Crippen LogP contribution in [0.3, 0.4) is 0 Å². The Hall–Kier alpha value is -1.60. The van der Waals surface area contributed by atoms with E-state index in [1.807, 2.05) is 48.6 Å². The Morgan fingerprint density at radius 1 is 1.00 bits per heavy atom. The summed E-state index contributed by atoms with van der Waals surface area (Å²) in [4.78, 5) is 3.93. The second-order valence-electron chi connectivity index (χ2n) is 3.14. The van der Waals surface area contributed by atoms with Gasteiger partial charge in [0.2, 0.25) is 0 Å².